The Kier molecular flexibility index (Phi) is 4.29. The molecule has 0 unspecified atom stereocenters. The summed E-state index contributed by atoms with van der Waals surface area (Å²) >= 11 is 6.35. The number of hydrogen-bond acceptors (Lipinski definition) is 1. The van der Waals surface area contributed by atoms with E-state index in [2.05, 4.69) is 24.1 Å². The zero-order valence-electron chi connectivity index (χ0n) is 12.7. The summed E-state index contributed by atoms with van der Waals surface area (Å²) in [5.41, 5.74) is 1.76. The van der Waals surface area contributed by atoms with E-state index in [0.717, 1.165) is 29.3 Å². The number of hydrogen-bond donors (Lipinski definition) is 0. The van der Waals surface area contributed by atoms with Crippen molar-refractivity contribution in [3.8, 4) is 0 Å². The van der Waals surface area contributed by atoms with E-state index < -0.39 is 0 Å². The second-order valence-electron chi connectivity index (χ2n) is 7.59. The molecule has 4 aliphatic carbocycles. The van der Waals surface area contributed by atoms with Crippen molar-refractivity contribution in [2.75, 3.05) is 7.05 Å². The number of nitrogens with zero attached hydrogens (tertiary/aromatic N) is 1. The quantitative estimate of drug-likeness (QED) is 0.741. The molecular formula is C18H25Cl2N. The summed E-state index contributed by atoms with van der Waals surface area (Å²) in [7, 11) is 2.33. The fraction of sp³-hybridized carbons (Fsp3) is 0.667. The molecule has 4 saturated carbocycles. The Labute approximate surface area is 139 Å². The highest BCUT2D eigenvalue weighted by molar-refractivity contribution is 6.31. The van der Waals surface area contributed by atoms with E-state index in [1.54, 1.807) is 0 Å². The van der Waals surface area contributed by atoms with Crippen molar-refractivity contribution in [2.24, 2.45) is 17.8 Å². The van der Waals surface area contributed by atoms with Crippen molar-refractivity contribution >= 4 is 24.0 Å². The van der Waals surface area contributed by atoms with Crippen molar-refractivity contribution in [1.29, 1.82) is 0 Å². The summed E-state index contributed by atoms with van der Waals surface area (Å²) in [6.07, 6.45) is 8.83. The Morgan fingerprint density at radius 3 is 2.10 bits per heavy atom. The summed E-state index contributed by atoms with van der Waals surface area (Å²) in [4.78, 5) is 2.64. The summed E-state index contributed by atoms with van der Waals surface area (Å²) in [6, 6.07) is 8.33. The van der Waals surface area contributed by atoms with E-state index in [0.29, 0.717) is 5.54 Å². The Balaban J connectivity index is 0.00000132. The van der Waals surface area contributed by atoms with E-state index in [9.17, 15) is 0 Å². The Morgan fingerprint density at radius 1 is 1.05 bits per heavy atom. The van der Waals surface area contributed by atoms with Crippen LogP contribution < -0.4 is 0 Å². The number of rotatable bonds is 3. The number of halogens is 2. The van der Waals surface area contributed by atoms with Gasteiger partial charge in [-0.15, -0.1) is 12.4 Å². The summed E-state index contributed by atoms with van der Waals surface area (Å²) < 4.78 is 0. The highest BCUT2D eigenvalue weighted by Crippen LogP contribution is 2.57. The molecule has 0 aliphatic heterocycles. The number of benzene rings is 1. The van der Waals surface area contributed by atoms with E-state index in [1.165, 1.54) is 44.1 Å². The van der Waals surface area contributed by atoms with E-state index in [4.69, 9.17) is 11.6 Å². The molecule has 0 heterocycles. The first-order valence-electron chi connectivity index (χ1n) is 8.09. The standard InChI is InChI=1S/C18H24ClN.ClH/c1-20(12-16-4-2-3-5-17(16)19)18-9-13-6-14(10-18)8-15(7-13)11-18;/h2-5,13-15H,6-12H2,1H3;1H. The monoisotopic (exact) mass is 325 g/mol. The molecule has 0 amide bonds. The molecule has 1 aromatic carbocycles. The zero-order valence-corrected chi connectivity index (χ0v) is 14.3. The second-order valence-corrected chi connectivity index (χ2v) is 8.00. The molecule has 4 fully saturated rings. The minimum atomic E-state index is 0. The third-order valence-electron chi connectivity index (χ3n) is 6.18. The van der Waals surface area contributed by atoms with Crippen LogP contribution in [0.3, 0.4) is 0 Å². The topological polar surface area (TPSA) is 3.24 Å². The predicted octanol–water partition coefficient (Wildman–Crippen LogP) is 5.16. The van der Waals surface area contributed by atoms with Crippen molar-refractivity contribution in [3.05, 3.63) is 34.9 Å². The van der Waals surface area contributed by atoms with Crippen molar-refractivity contribution in [3.63, 3.8) is 0 Å². The van der Waals surface area contributed by atoms with Gasteiger partial charge >= 0.3 is 0 Å². The summed E-state index contributed by atoms with van der Waals surface area (Å²) in [5.74, 6) is 3.03. The Bertz CT molecular complexity index is 478. The van der Waals surface area contributed by atoms with Crippen molar-refractivity contribution in [2.45, 2.75) is 50.6 Å². The lowest BCUT2D eigenvalue weighted by molar-refractivity contribution is -0.0821. The molecule has 0 spiro atoms. The lowest BCUT2D eigenvalue weighted by Crippen LogP contribution is -2.58. The molecule has 0 saturated heterocycles. The van der Waals surface area contributed by atoms with Gasteiger partial charge in [0.1, 0.15) is 0 Å². The first-order valence-corrected chi connectivity index (χ1v) is 8.47. The van der Waals surface area contributed by atoms with Crippen LogP contribution in [0.15, 0.2) is 24.3 Å². The van der Waals surface area contributed by atoms with Gasteiger partial charge in [-0.1, -0.05) is 29.8 Å². The second kappa shape index (κ2) is 5.76. The molecule has 4 aliphatic rings. The third kappa shape index (κ3) is 2.73. The molecule has 1 nitrogen and oxygen atoms in total. The minimum absolute atomic E-state index is 0. The SMILES string of the molecule is CN(Cc1ccccc1Cl)C12CC3CC(CC(C3)C1)C2.Cl. The minimum Gasteiger partial charge on any atom is -0.296 e. The van der Waals surface area contributed by atoms with Gasteiger partial charge in [0.05, 0.1) is 0 Å². The van der Waals surface area contributed by atoms with Gasteiger partial charge < -0.3 is 0 Å². The molecule has 1 aromatic rings. The van der Waals surface area contributed by atoms with Crippen LogP contribution in [0.4, 0.5) is 0 Å². The summed E-state index contributed by atoms with van der Waals surface area (Å²) in [5, 5.41) is 0.920. The van der Waals surface area contributed by atoms with Crippen LogP contribution in [0.1, 0.15) is 44.1 Å². The van der Waals surface area contributed by atoms with Crippen LogP contribution in [0.25, 0.3) is 0 Å². The van der Waals surface area contributed by atoms with Gasteiger partial charge in [-0.2, -0.15) is 0 Å². The fourth-order valence-electron chi connectivity index (χ4n) is 5.58. The normalized spacial score (nSPS) is 36.8. The highest BCUT2D eigenvalue weighted by Gasteiger charge is 2.52. The van der Waals surface area contributed by atoms with Crippen LogP contribution in [0, 0.1) is 17.8 Å². The molecular weight excluding hydrogens is 301 g/mol. The fourth-order valence-corrected chi connectivity index (χ4v) is 5.78. The molecule has 116 valence electrons. The molecule has 3 heteroatoms. The van der Waals surface area contributed by atoms with Gasteiger partial charge in [0.15, 0.2) is 0 Å². The Hall–Kier alpha value is -0.240. The van der Waals surface area contributed by atoms with E-state index in [-0.39, 0.29) is 12.4 Å². The van der Waals surface area contributed by atoms with Crippen LogP contribution in [-0.4, -0.2) is 17.5 Å². The Morgan fingerprint density at radius 2 is 1.57 bits per heavy atom. The molecule has 0 N–H and O–H groups in total. The molecule has 5 rings (SSSR count). The maximum Gasteiger partial charge on any atom is 0.0451 e. The maximum absolute atomic E-state index is 6.35. The maximum atomic E-state index is 6.35. The van der Waals surface area contributed by atoms with Crippen LogP contribution in [-0.2, 0) is 6.54 Å². The smallest absolute Gasteiger partial charge is 0.0451 e. The average Bonchev–Trinajstić information content (AvgIpc) is 2.40. The van der Waals surface area contributed by atoms with Crippen LogP contribution >= 0.6 is 24.0 Å². The van der Waals surface area contributed by atoms with Gasteiger partial charge in [-0.05, 0) is 75.0 Å². The van der Waals surface area contributed by atoms with Gasteiger partial charge in [0.2, 0.25) is 0 Å². The van der Waals surface area contributed by atoms with Crippen molar-refractivity contribution < 1.29 is 0 Å². The molecule has 0 atom stereocenters. The van der Waals surface area contributed by atoms with Gasteiger partial charge in [0.25, 0.3) is 0 Å². The predicted molar refractivity (Wildman–Crippen MR) is 91.1 cm³/mol. The molecule has 0 aromatic heterocycles. The average molecular weight is 326 g/mol. The van der Waals surface area contributed by atoms with Gasteiger partial charge in [-0.3, -0.25) is 4.90 Å². The van der Waals surface area contributed by atoms with E-state index >= 15 is 0 Å². The van der Waals surface area contributed by atoms with Gasteiger partial charge in [0, 0.05) is 17.1 Å². The van der Waals surface area contributed by atoms with Crippen LogP contribution in [0.5, 0.6) is 0 Å². The largest absolute Gasteiger partial charge is 0.296 e. The van der Waals surface area contributed by atoms with Crippen LogP contribution in [0.2, 0.25) is 5.02 Å². The zero-order chi connectivity index (χ0) is 13.7. The molecule has 0 radical (unpaired) electrons. The molecule has 21 heavy (non-hydrogen) atoms. The summed E-state index contributed by atoms with van der Waals surface area (Å²) in [6.45, 7) is 1.01. The molecule has 4 bridgehead atoms. The van der Waals surface area contributed by atoms with Gasteiger partial charge in [-0.25, -0.2) is 0 Å². The first kappa shape index (κ1) is 15.6. The highest BCUT2D eigenvalue weighted by atomic mass is 35.5. The lowest BCUT2D eigenvalue weighted by atomic mass is 9.52. The van der Waals surface area contributed by atoms with Crippen molar-refractivity contribution in [1.82, 2.24) is 4.90 Å². The first-order chi connectivity index (χ1) is 9.64. The third-order valence-corrected chi connectivity index (χ3v) is 6.55. The van der Waals surface area contributed by atoms with E-state index in [1.807, 2.05) is 12.1 Å². The lowest BCUT2D eigenvalue weighted by Gasteiger charge is -2.60.